The Bertz CT molecular complexity index is 1850. The molecule has 5 nitrogen and oxygen atoms in total. The summed E-state index contributed by atoms with van der Waals surface area (Å²) in [6.07, 6.45) is 3.89. The second kappa shape index (κ2) is 9.56. The molecule has 1 aliphatic rings. The minimum absolute atomic E-state index is 0.126. The first-order chi connectivity index (χ1) is 19.0. The maximum Gasteiger partial charge on any atom is 0.223 e. The van der Waals surface area contributed by atoms with Crippen LogP contribution in [-0.4, -0.2) is 19.6 Å². The van der Waals surface area contributed by atoms with E-state index in [4.69, 9.17) is 26.3 Å². The summed E-state index contributed by atoms with van der Waals surface area (Å²) in [5.74, 6) is 1.02. The van der Waals surface area contributed by atoms with E-state index in [1.54, 1.807) is 12.1 Å². The van der Waals surface area contributed by atoms with Gasteiger partial charge in [-0.3, -0.25) is 0 Å². The van der Waals surface area contributed by atoms with E-state index in [0.717, 1.165) is 43.3 Å². The second-order valence-corrected chi connectivity index (χ2v) is 10.9. The molecule has 0 fully saturated rings. The SMILES string of the molecule is Oc1ccc2c(c1)Oc1nc3cccc(Br)c3cc1C(c1ccccc1)C2n1cnc(-c2cccc(Cl)c2)c1. The normalized spacial score (nSPS) is 16.3. The molecule has 0 bridgehead atoms. The highest BCUT2D eigenvalue weighted by molar-refractivity contribution is 9.10. The molecule has 2 atom stereocenters. The fourth-order valence-electron chi connectivity index (χ4n) is 5.41. The van der Waals surface area contributed by atoms with E-state index >= 15 is 0 Å². The Morgan fingerprint density at radius 3 is 2.56 bits per heavy atom. The smallest absolute Gasteiger partial charge is 0.223 e. The van der Waals surface area contributed by atoms with Crippen LogP contribution in [-0.2, 0) is 0 Å². The summed E-state index contributed by atoms with van der Waals surface area (Å²) < 4.78 is 9.58. The first-order valence-electron chi connectivity index (χ1n) is 12.5. The molecular formula is C32H21BrClN3O2. The van der Waals surface area contributed by atoms with E-state index in [0.29, 0.717) is 16.7 Å². The van der Waals surface area contributed by atoms with Gasteiger partial charge in [-0.2, -0.15) is 0 Å². The lowest BCUT2D eigenvalue weighted by atomic mass is 9.82. The fourth-order valence-corrected chi connectivity index (χ4v) is 6.07. The van der Waals surface area contributed by atoms with Crippen LogP contribution in [0, 0.1) is 0 Å². The molecule has 190 valence electrons. The number of halogens is 2. The lowest BCUT2D eigenvalue weighted by Gasteiger charge is -2.28. The number of hydrogen-bond donors (Lipinski definition) is 1. The first kappa shape index (κ1) is 23.9. The summed E-state index contributed by atoms with van der Waals surface area (Å²) in [6.45, 7) is 0. The number of fused-ring (bicyclic) bond motifs is 3. The molecular weight excluding hydrogens is 574 g/mol. The third-order valence-electron chi connectivity index (χ3n) is 7.17. The molecule has 6 aromatic rings. The molecule has 0 amide bonds. The van der Waals surface area contributed by atoms with Gasteiger partial charge in [0, 0.05) is 49.8 Å². The van der Waals surface area contributed by atoms with Crippen molar-refractivity contribution in [1.82, 2.24) is 14.5 Å². The van der Waals surface area contributed by atoms with Crippen LogP contribution in [0.5, 0.6) is 17.4 Å². The van der Waals surface area contributed by atoms with Crippen LogP contribution >= 0.6 is 27.5 Å². The summed E-state index contributed by atoms with van der Waals surface area (Å²) >= 11 is 10.0. The van der Waals surface area contributed by atoms with Crippen molar-refractivity contribution in [2.45, 2.75) is 12.0 Å². The average molecular weight is 595 g/mol. The Morgan fingerprint density at radius 2 is 1.72 bits per heavy atom. The summed E-state index contributed by atoms with van der Waals surface area (Å²) in [5.41, 5.74) is 5.54. The number of phenolic OH excluding ortho intramolecular Hbond substituents is 1. The van der Waals surface area contributed by atoms with Gasteiger partial charge in [0.2, 0.25) is 5.88 Å². The largest absolute Gasteiger partial charge is 0.508 e. The van der Waals surface area contributed by atoms with Crippen molar-refractivity contribution in [3.8, 4) is 28.6 Å². The number of rotatable bonds is 3. The van der Waals surface area contributed by atoms with E-state index in [1.807, 2.05) is 79.3 Å². The Kier molecular flexibility index (Phi) is 5.87. The lowest BCUT2D eigenvalue weighted by molar-refractivity contribution is 0.442. The Balaban J connectivity index is 1.51. The van der Waals surface area contributed by atoms with Crippen LogP contribution in [0.25, 0.3) is 22.2 Å². The number of hydrogen-bond acceptors (Lipinski definition) is 4. The van der Waals surface area contributed by atoms with Crippen LogP contribution < -0.4 is 4.74 Å². The molecule has 0 spiro atoms. The number of aromatic hydroxyl groups is 1. The Labute approximate surface area is 238 Å². The maximum absolute atomic E-state index is 10.4. The van der Waals surface area contributed by atoms with Gasteiger partial charge in [0.05, 0.1) is 23.6 Å². The molecule has 1 aliphatic heterocycles. The topological polar surface area (TPSA) is 60.2 Å². The molecule has 2 aromatic heterocycles. The average Bonchev–Trinajstić information content (AvgIpc) is 3.38. The summed E-state index contributed by atoms with van der Waals surface area (Å²) in [4.78, 5) is 9.72. The van der Waals surface area contributed by atoms with Crippen molar-refractivity contribution in [3.05, 3.63) is 136 Å². The third kappa shape index (κ3) is 4.26. The number of benzene rings is 4. The summed E-state index contributed by atoms with van der Waals surface area (Å²) in [7, 11) is 0. The molecule has 4 aromatic carbocycles. The zero-order valence-electron chi connectivity index (χ0n) is 20.5. The van der Waals surface area contributed by atoms with E-state index in [9.17, 15) is 5.11 Å². The minimum atomic E-state index is -0.244. The monoisotopic (exact) mass is 593 g/mol. The molecule has 7 heteroatoms. The van der Waals surface area contributed by atoms with Gasteiger partial charge >= 0.3 is 0 Å². The van der Waals surface area contributed by atoms with E-state index in [1.165, 1.54) is 0 Å². The van der Waals surface area contributed by atoms with Gasteiger partial charge in [-0.15, -0.1) is 0 Å². The second-order valence-electron chi connectivity index (χ2n) is 9.56. The number of aromatic nitrogens is 3. The summed E-state index contributed by atoms with van der Waals surface area (Å²) in [5, 5.41) is 12.1. The van der Waals surface area contributed by atoms with Crippen LogP contribution in [0.2, 0.25) is 5.02 Å². The van der Waals surface area contributed by atoms with Gasteiger partial charge in [-0.1, -0.05) is 76.1 Å². The van der Waals surface area contributed by atoms with Crippen molar-refractivity contribution >= 4 is 38.4 Å². The predicted octanol–water partition coefficient (Wildman–Crippen LogP) is 8.75. The van der Waals surface area contributed by atoms with Crippen molar-refractivity contribution in [1.29, 1.82) is 0 Å². The molecule has 39 heavy (non-hydrogen) atoms. The van der Waals surface area contributed by atoms with Crippen molar-refractivity contribution < 1.29 is 9.84 Å². The number of phenols is 1. The standard InChI is InChI=1S/C32H21BrClN3O2/c33-26-10-5-11-27-24(26)16-25-30(19-6-2-1-3-7-19)31(23-13-12-22(38)15-29(23)39-32(25)36-27)37-17-28(35-18-37)20-8-4-9-21(34)14-20/h1-18,30-31,38H. The predicted molar refractivity (Wildman–Crippen MR) is 157 cm³/mol. The molecule has 0 aliphatic carbocycles. The van der Waals surface area contributed by atoms with E-state index in [-0.39, 0.29) is 17.7 Å². The Hall–Kier alpha value is -4.13. The Morgan fingerprint density at radius 1 is 0.872 bits per heavy atom. The molecule has 2 unspecified atom stereocenters. The lowest BCUT2D eigenvalue weighted by Crippen LogP contribution is -2.19. The third-order valence-corrected chi connectivity index (χ3v) is 8.10. The van der Waals surface area contributed by atoms with Gasteiger partial charge in [-0.25, -0.2) is 9.97 Å². The number of pyridine rings is 1. The fraction of sp³-hybridized carbons (Fsp3) is 0.0625. The van der Waals surface area contributed by atoms with Gasteiger partial charge in [0.15, 0.2) is 0 Å². The zero-order valence-corrected chi connectivity index (χ0v) is 22.8. The molecule has 0 saturated carbocycles. The van der Waals surface area contributed by atoms with Crippen LogP contribution in [0.1, 0.15) is 28.7 Å². The van der Waals surface area contributed by atoms with Gasteiger partial charge in [-0.05, 0) is 48.0 Å². The number of nitrogens with zero attached hydrogens (tertiary/aromatic N) is 3. The van der Waals surface area contributed by atoms with Crippen molar-refractivity contribution in [3.63, 3.8) is 0 Å². The van der Waals surface area contributed by atoms with Crippen LogP contribution in [0.4, 0.5) is 0 Å². The van der Waals surface area contributed by atoms with Crippen molar-refractivity contribution in [2.75, 3.05) is 0 Å². The number of imidazole rings is 1. The van der Waals surface area contributed by atoms with Gasteiger partial charge in [0.1, 0.15) is 11.5 Å². The molecule has 0 saturated heterocycles. The highest BCUT2D eigenvalue weighted by Crippen LogP contribution is 2.51. The quantitative estimate of drug-likeness (QED) is 0.223. The molecule has 1 N–H and O–H groups in total. The van der Waals surface area contributed by atoms with E-state index in [2.05, 4.69) is 38.7 Å². The van der Waals surface area contributed by atoms with Crippen molar-refractivity contribution in [2.24, 2.45) is 0 Å². The molecule has 3 heterocycles. The van der Waals surface area contributed by atoms with E-state index < -0.39 is 0 Å². The highest BCUT2D eigenvalue weighted by atomic mass is 79.9. The van der Waals surface area contributed by atoms with Crippen LogP contribution in [0.15, 0.2) is 114 Å². The zero-order chi connectivity index (χ0) is 26.5. The van der Waals surface area contributed by atoms with Crippen LogP contribution in [0.3, 0.4) is 0 Å². The number of ether oxygens (including phenoxy) is 1. The highest BCUT2D eigenvalue weighted by Gasteiger charge is 2.36. The van der Waals surface area contributed by atoms with Gasteiger partial charge in [0.25, 0.3) is 0 Å². The minimum Gasteiger partial charge on any atom is -0.508 e. The first-order valence-corrected chi connectivity index (χ1v) is 13.7. The molecule has 0 radical (unpaired) electrons. The molecule has 7 rings (SSSR count). The summed E-state index contributed by atoms with van der Waals surface area (Å²) in [6, 6.07) is 31.2. The van der Waals surface area contributed by atoms with Gasteiger partial charge < -0.3 is 14.4 Å². The maximum atomic E-state index is 10.4.